The number of carbonyl (C=O) groups excluding carboxylic acids is 2. The lowest BCUT2D eigenvalue weighted by Crippen LogP contribution is -2.17. The fraction of sp³-hybridized carbons (Fsp3) is 0.385. The minimum atomic E-state index is -0.234. The Morgan fingerprint density at radius 2 is 1.63 bits per heavy atom. The molecule has 0 aromatic heterocycles. The van der Waals surface area contributed by atoms with Crippen LogP contribution in [0.25, 0.3) is 0 Å². The number of rotatable bonds is 7. The van der Waals surface area contributed by atoms with Crippen LogP contribution in [0.1, 0.15) is 12.8 Å². The SMILES string of the molecule is COCC(=O)Nc1ccc(NC(=O)CCCO)cc1. The summed E-state index contributed by atoms with van der Waals surface area (Å²) in [6, 6.07) is 6.77. The Hall–Kier alpha value is -1.92. The molecule has 0 bridgehead atoms. The van der Waals surface area contributed by atoms with Gasteiger partial charge in [-0.05, 0) is 30.7 Å². The van der Waals surface area contributed by atoms with Gasteiger partial charge < -0.3 is 20.5 Å². The first-order valence-corrected chi connectivity index (χ1v) is 5.95. The Morgan fingerprint density at radius 3 is 2.11 bits per heavy atom. The number of methoxy groups -OCH3 is 1. The molecule has 1 aromatic rings. The van der Waals surface area contributed by atoms with Gasteiger partial charge in [0.1, 0.15) is 6.61 Å². The van der Waals surface area contributed by atoms with E-state index in [1.54, 1.807) is 24.3 Å². The minimum absolute atomic E-state index is 0.000350. The molecule has 0 unspecified atom stereocenters. The van der Waals surface area contributed by atoms with Gasteiger partial charge in [0.2, 0.25) is 11.8 Å². The molecule has 6 heteroatoms. The summed E-state index contributed by atoms with van der Waals surface area (Å²) in [6.45, 7) is -0.00244. The van der Waals surface area contributed by atoms with E-state index in [9.17, 15) is 9.59 Å². The monoisotopic (exact) mass is 266 g/mol. The summed E-state index contributed by atoms with van der Waals surface area (Å²) in [5.74, 6) is -0.382. The molecule has 0 spiro atoms. The third kappa shape index (κ3) is 5.98. The van der Waals surface area contributed by atoms with Gasteiger partial charge in [0.15, 0.2) is 0 Å². The normalized spacial score (nSPS) is 10.0. The molecule has 0 saturated heterocycles. The molecule has 0 heterocycles. The topological polar surface area (TPSA) is 87.7 Å². The minimum Gasteiger partial charge on any atom is -0.396 e. The highest BCUT2D eigenvalue weighted by atomic mass is 16.5. The van der Waals surface area contributed by atoms with Crippen molar-refractivity contribution in [2.75, 3.05) is 31.0 Å². The number of carbonyl (C=O) groups is 2. The van der Waals surface area contributed by atoms with E-state index in [4.69, 9.17) is 9.84 Å². The lowest BCUT2D eigenvalue weighted by molar-refractivity contribution is -0.119. The highest BCUT2D eigenvalue weighted by Gasteiger charge is 2.03. The van der Waals surface area contributed by atoms with E-state index in [2.05, 4.69) is 10.6 Å². The van der Waals surface area contributed by atoms with Crippen molar-refractivity contribution < 1.29 is 19.4 Å². The van der Waals surface area contributed by atoms with Crippen molar-refractivity contribution in [3.05, 3.63) is 24.3 Å². The first kappa shape index (κ1) is 15.1. The van der Waals surface area contributed by atoms with Crippen molar-refractivity contribution in [1.29, 1.82) is 0 Å². The van der Waals surface area contributed by atoms with Gasteiger partial charge in [0.25, 0.3) is 0 Å². The zero-order chi connectivity index (χ0) is 14.1. The Balaban J connectivity index is 2.47. The van der Waals surface area contributed by atoms with Crippen LogP contribution >= 0.6 is 0 Å². The number of aliphatic hydroxyl groups is 1. The molecule has 1 rings (SSSR count). The van der Waals surface area contributed by atoms with Crippen LogP contribution in [0.4, 0.5) is 11.4 Å². The number of hydrogen-bond acceptors (Lipinski definition) is 4. The van der Waals surface area contributed by atoms with Gasteiger partial charge in [-0.25, -0.2) is 0 Å². The summed E-state index contributed by atoms with van der Waals surface area (Å²) >= 11 is 0. The van der Waals surface area contributed by atoms with Gasteiger partial charge in [-0.15, -0.1) is 0 Å². The van der Waals surface area contributed by atoms with Gasteiger partial charge in [-0.2, -0.15) is 0 Å². The van der Waals surface area contributed by atoms with Crippen molar-refractivity contribution in [2.45, 2.75) is 12.8 Å². The molecule has 0 radical (unpaired) electrons. The van der Waals surface area contributed by atoms with Crippen LogP contribution in [-0.2, 0) is 14.3 Å². The maximum absolute atomic E-state index is 11.4. The summed E-state index contributed by atoms with van der Waals surface area (Å²) < 4.78 is 4.70. The van der Waals surface area contributed by atoms with E-state index in [0.717, 1.165) is 0 Å². The first-order valence-electron chi connectivity index (χ1n) is 5.95. The molecular formula is C13H18N2O4. The van der Waals surface area contributed by atoms with E-state index in [1.165, 1.54) is 7.11 Å². The molecule has 1 aromatic carbocycles. The van der Waals surface area contributed by atoms with Crippen LogP contribution in [0.3, 0.4) is 0 Å². The van der Waals surface area contributed by atoms with Crippen molar-refractivity contribution in [1.82, 2.24) is 0 Å². The average Bonchev–Trinajstić information content (AvgIpc) is 2.39. The molecule has 0 fully saturated rings. The fourth-order valence-electron chi connectivity index (χ4n) is 1.43. The fourth-order valence-corrected chi connectivity index (χ4v) is 1.43. The number of amides is 2. The number of anilines is 2. The summed E-state index contributed by atoms with van der Waals surface area (Å²) in [7, 11) is 1.45. The third-order valence-electron chi connectivity index (χ3n) is 2.29. The second-order valence-corrected chi connectivity index (χ2v) is 3.93. The van der Waals surface area contributed by atoms with E-state index >= 15 is 0 Å². The van der Waals surface area contributed by atoms with Crippen LogP contribution in [0.15, 0.2) is 24.3 Å². The molecule has 0 aliphatic rings. The molecular weight excluding hydrogens is 248 g/mol. The van der Waals surface area contributed by atoms with E-state index in [-0.39, 0.29) is 31.4 Å². The summed E-state index contributed by atoms with van der Waals surface area (Å²) in [6.07, 6.45) is 0.722. The number of benzene rings is 1. The number of ether oxygens (including phenoxy) is 1. The Bertz CT molecular complexity index is 417. The quantitative estimate of drug-likeness (QED) is 0.686. The average molecular weight is 266 g/mol. The van der Waals surface area contributed by atoms with Crippen LogP contribution in [0.2, 0.25) is 0 Å². The van der Waals surface area contributed by atoms with Crippen LogP contribution in [-0.4, -0.2) is 37.2 Å². The first-order chi connectivity index (χ1) is 9.15. The Kier molecular flexibility index (Phi) is 6.56. The van der Waals surface area contributed by atoms with Gasteiger partial charge in [-0.1, -0.05) is 0 Å². The lowest BCUT2D eigenvalue weighted by Gasteiger charge is -2.07. The summed E-state index contributed by atoms with van der Waals surface area (Å²) in [5, 5.41) is 14.0. The largest absolute Gasteiger partial charge is 0.396 e. The Labute approximate surface area is 111 Å². The zero-order valence-corrected chi connectivity index (χ0v) is 10.8. The molecule has 104 valence electrons. The highest BCUT2D eigenvalue weighted by molar-refractivity contribution is 5.93. The predicted molar refractivity (Wildman–Crippen MR) is 71.9 cm³/mol. The van der Waals surface area contributed by atoms with Gasteiger partial charge >= 0.3 is 0 Å². The van der Waals surface area contributed by atoms with Crippen LogP contribution < -0.4 is 10.6 Å². The molecule has 0 atom stereocenters. The zero-order valence-electron chi connectivity index (χ0n) is 10.8. The third-order valence-corrected chi connectivity index (χ3v) is 2.29. The highest BCUT2D eigenvalue weighted by Crippen LogP contribution is 2.13. The number of aliphatic hydroxyl groups excluding tert-OH is 1. The van der Waals surface area contributed by atoms with Crippen molar-refractivity contribution in [2.24, 2.45) is 0 Å². The van der Waals surface area contributed by atoms with Crippen molar-refractivity contribution in [3.8, 4) is 0 Å². The number of nitrogens with one attached hydrogen (secondary N) is 2. The van der Waals surface area contributed by atoms with E-state index in [1.807, 2.05) is 0 Å². The van der Waals surface area contributed by atoms with Crippen LogP contribution in [0, 0.1) is 0 Å². The summed E-state index contributed by atoms with van der Waals surface area (Å²) in [5.41, 5.74) is 1.28. The smallest absolute Gasteiger partial charge is 0.250 e. The molecule has 0 aliphatic carbocycles. The van der Waals surface area contributed by atoms with E-state index < -0.39 is 0 Å². The molecule has 0 aliphatic heterocycles. The van der Waals surface area contributed by atoms with Gasteiger partial charge in [-0.3, -0.25) is 9.59 Å². The molecule has 6 nitrogen and oxygen atoms in total. The van der Waals surface area contributed by atoms with Gasteiger partial charge in [0, 0.05) is 31.5 Å². The maximum Gasteiger partial charge on any atom is 0.250 e. The molecule has 0 saturated carbocycles. The molecule has 3 N–H and O–H groups in total. The molecule has 19 heavy (non-hydrogen) atoms. The number of hydrogen-bond donors (Lipinski definition) is 3. The standard InChI is InChI=1S/C13H18N2O4/c1-19-9-13(18)15-11-6-4-10(5-7-11)14-12(17)3-2-8-16/h4-7,16H,2-3,8-9H2,1H3,(H,14,17)(H,15,18). The van der Waals surface area contributed by atoms with Crippen LogP contribution in [0.5, 0.6) is 0 Å². The second-order valence-electron chi connectivity index (χ2n) is 3.93. The summed E-state index contributed by atoms with van der Waals surface area (Å²) in [4.78, 5) is 22.7. The lowest BCUT2D eigenvalue weighted by atomic mass is 10.2. The van der Waals surface area contributed by atoms with E-state index in [0.29, 0.717) is 17.8 Å². The van der Waals surface area contributed by atoms with Crippen molar-refractivity contribution in [3.63, 3.8) is 0 Å². The maximum atomic E-state index is 11.4. The predicted octanol–water partition coefficient (Wildman–Crippen LogP) is 0.982. The van der Waals surface area contributed by atoms with Crippen molar-refractivity contribution >= 4 is 23.2 Å². The Morgan fingerprint density at radius 1 is 1.11 bits per heavy atom. The second kappa shape index (κ2) is 8.23. The molecule has 2 amide bonds. The van der Waals surface area contributed by atoms with Gasteiger partial charge in [0.05, 0.1) is 0 Å².